The molecule has 0 unspecified atom stereocenters. The summed E-state index contributed by atoms with van der Waals surface area (Å²) in [6.45, 7) is 9.02. The van der Waals surface area contributed by atoms with Gasteiger partial charge >= 0.3 is 0 Å². The summed E-state index contributed by atoms with van der Waals surface area (Å²) in [4.78, 5) is 0. The topological polar surface area (TPSA) is 17.0 Å². The first-order valence-corrected chi connectivity index (χ1v) is 10.6. The van der Waals surface area contributed by atoms with E-state index in [-0.39, 0.29) is 5.41 Å². The largest absolute Gasteiger partial charge is 0.454 e. The van der Waals surface area contributed by atoms with Gasteiger partial charge in [0, 0.05) is 27.8 Å². The summed E-state index contributed by atoms with van der Waals surface area (Å²) in [7, 11) is 2.14. The minimum atomic E-state index is 0.268. The molecule has 2 aromatic heterocycles. The molecule has 0 aliphatic heterocycles. The first kappa shape index (κ1) is 18.9. The molecule has 0 N–H and O–H groups in total. The van der Waals surface area contributed by atoms with Crippen LogP contribution >= 0.6 is 0 Å². The van der Waals surface area contributed by atoms with Crippen LogP contribution in [0.25, 0.3) is 44.0 Å². The molecule has 0 atom stereocenters. The second-order valence-corrected chi connectivity index (χ2v) is 9.67. The van der Waals surface area contributed by atoms with Crippen molar-refractivity contribution in [1.82, 2.24) is 0 Å². The van der Waals surface area contributed by atoms with Crippen molar-refractivity contribution in [2.45, 2.75) is 34.1 Å². The van der Waals surface area contributed by atoms with Gasteiger partial charge in [0.1, 0.15) is 18.2 Å². The Balaban J connectivity index is 1.77. The number of pyridine rings is 1. The molecule has 0 radical (unpaired) electrons. The van der Waals surface area contributed by atoms with Gasteiger partial charge in [-0.15, -0.1) is 0 Å². The van der Waals surface area contributed by atoms with Gasteiger partial charge in [0.25, 0.3) is 0 Å². The third kappa shape index (κ3) is 3.08. The summed E-state index contributed by atoms with van der Waals surface area (Å²) in [6.07, 6.45) is 3.32. The highest BCUT2D eigenvalue weighted by Crippen LogP contribution is 2.39. The van der Waals surface area contributed by atoms with Crippen molar-refractivity contribution >= 4 is 32.7 Å². The minimum absolute atomic E-state index is 0.268. The second-order valence-electron chi connectivity index (χ2n) is 9.67. The van der Waals surface area contributed by atoms with E-state index in [0.717, 1.165) is 17.6 Å². The van der Waals surface area contributed by atoms with E-state index in [1.165, 1.54) is 43.9 Å². The molecule has 5 rings (SSSR count). The van der Waals surface area contributed by atoms with Crippen LogP contribution in [0.2, 0.25) is 0 Å². The highest BCUT2D eigenvalue weighted by molar-refractivity contribution is 6.17. The van der Waals surface area contributed by atoms with Crippen LogP contribution < -0.4 is 4.57 Å². The number of hydrogen-bond acceptors (Lipinski definition) is 1. The lowest BCUT2D eigenvalue weighted by atomic mass is 9.88. The van der Waals surface area contributed by atoms with Crippen molar-refractivity contribution in [2.75, 3.05) is 0 Å². The number of aromatic nitrogens is 1. The molecular weight excluding hydrogens is 366 g/mol. The zero-order valence-electron chi connectivity index (χ0n) is 18.4. The van der Waals surface area contributed by atoms with Gasteiger partial charge in [0.2, 0.25) is 5.69 Å². The number of fused-ring (bicyclic) bond motifs is 5. The first-order valence-electron chi connectivity index (χ1n) is 10.6. The molecule has 30 heavy (non-hydrogen) atoms. The molecular formula is C28H28NO+. The van der Waals surface area contributed by atoms with Gasteiger partial charge in [-0.3, -0.25) is 0 Å². The fourth-order valence-corrected chi connectivity index (χ4v) is 4.63. The fraction of sp³-hybridized carbons (Fsp3) is 0.250. The molecule has 0 spiro atoms. The molecule has 0 fully saturated rings. The average molecular weight is 395 g/mol. The van der Waals surface area contributed by atoms with Gasteiger partial charge in [-0.25, -0.2) is 4.57 Å². The average Bonchev–Trinajstić information content (AvgIpc) is 3.07. The summed E-state index contributed by atoms with van der Waals surface area (Å²) in [5, 5.41) is 4.73. The molecule has 3 aromatic carbocycles. The molecule has 2 heteroatoms. The van der Waals surface area contributed by atoms with E-state index < -0.39 is 0 Å². The highest BCUT2D eigenvalue weighted by atomic mass is 16.3. The smallest absolute Gasteiger partial charge is 0.216 e. The van der Waals surface area contributed by atoms with Crippen LogP contribution in [-0.2, 0) is 13.5 Å². The van der Waals surface area contributed by atoms with Crippen molar-refractivity contribution in [1.29, 1.82) is 0 Å². The molecule has 5 aromatic rings. The fourth-order valence-electron chi connectivity index (χ4n) is 4.63. The van der Waals surface area contributed by atoms with Crippen molar-refractivity contribution in [3.05, 3.63) is 78.0 Å². The predicted molar refractivity (Wildman–Crippen MR) is 126 cm³/mol. The van der Waals surface area contributed by atoms with E-state index in [1.54, 1.807) is 0 Å². The zero-order valence-corrected chi connectivity index (χ0v) is 18.4. The molecule has 0 aliphatic carbocycles. The number of hydrogen-bond donors (Lipinski definition) is 0. The van der Waals surface area contributed by atoms with Crippen molar-refractivity contribution in [3.8, 4) is 11.3 Å². The molecule has 150 valence electrons. The van der Waals surface area contributed by atoms with Crippen molar-refractivity contribution in [3.63, 3.8) is 0 Å². The highest BCUT2D eigenvalue weighted by Gasteiger charge is 2.22. The Kier molecular flexibility index (Phi) is 4.21. The minimum Gasteiger partial charge on any atom is -0.454 e. The summed E-state index contributed by atoms with van der Waals surface area (Å²) >= 11 is 0. The standard InChI is InChI=1S/C28H28NO/c1-18-10-13-23-22-14-12-20-8-6-7-9-21(20)26(22)30-27(23)25(18)24-15-11-19(17-29(24)5)16-28(2,3)4/h6-15,17H,16H2,1-5H3/q+1. The zero-order chi connectivity index (χ0) is 21.0. The van der Waals surface area contributed by atoms with Crippen LogP contribution in [0.5, 0.6) is 0 Å². The van der Waals surface area contributed by atoms with Crippen LogP contribution in [-0.4, -0.2) is 0 Å². The Labute approximate surface area is 177 Å². The van der Waals surface area contributed by atoms with Crippen LogP contribution in [0.1, 0.15) is 31.9 Å². The monoisotopic (exact) mass is 394 g/mol. The summed E-state index contributed by atoms with van der Waals surface area (Å²) in [5.74, 6) is 0. The molecule has 2 nitrogen and oxygen atoms in total. The predicted octanol–water partition coefficient (Wildman–Crippen LogP) is 7.13. The molecule has 0 bridgehead atoms. The number of aryl methyl sites for hydroxylation is 2. The third-order valence-electron chi connectivity index (χ3n) is 5.93. The normalized spacial score (nSPS) is 12.3. The van der Waals surface area contributed by atoms with E-state index >= 15 is 0 Å². The summed E-state index contributed by atoms with van der Waals surface area (Å²) < 4.78 is 8.83. The quantitative estimate of drug-likeness (QED) is 0.291. The molecule has 2 heterocycles. The Bertz CT molecular complexity index is 1420. The van der Waals surface area contributed by atoms with Crippen LogP contribution in [0, 0.1) is 12.3 Å². The molecule has 0 saturated heterocycles. The van der Waals surface area contributed by atoms with Crippen molar-refractivity contribution < 1.29 is 8.98 Å². The van der Waals surface area contributed by atoms with Gasteiger partial charge in [-0.05, 0) is 41.8 Å². The Morgan fingerprint density at radius 1 is 0.800 bits per heavy atom. The Hall–Kier alpha value is -3.13. The number of rotatable bonds is 2. The maximum atomic E-state index is 6.58. The lowest BCUT2D eigenvalue weighted by molar-refractivity contribution is -0.660. The molecule has 0 amide bonds. The molecule has 0 saturated carbocycles. The maximum absolute atomic E-state index is 6.58. The van der Waals surface area contributed by atoms with Crippen LogP contribution in [0.3, 0.4) is 0 Å². The van der Waals surface area contributed by atoms with E-state index in [2.05, 4.69) is 106 Å². The van der Waals surface area contributed by atoms with Gasteiger partial charge in [-0.1, -0.05) is 63.2 Å². The Morgan fingerprint density at radius 3 is 2.30 bits per heavy atom. The molecule has 0 aliphatic rings. The van der Waals surface area contributed by atoms with Gasteiger partial charge in [0.15, 0.2) is 6.20 Å². The number of furan rings is 1. The summed E-state index contributed by atoms with van der Waals surface area (Å²) in [5.41, 5.74) is 7.16. The van der Waals surface area contributed by atoms with E-state index in [0.29, 0.717) is 0 Å². The van der Waals surface area contributed by atoms with E-state index in [4.69, 9.17) is 4.42 Å². The van der Waals surface area contributed by atoms with Crippen molar-refractivity contribution in [2.24, 2.45) is 12.5 Å². The number of benzene rings is 3. The SMILES string of the molecule is Cc1ccc2c(oc3c4ccccc4ccc23)c1-c1ccc(CC(C)(C)C)c[n+]1C. The van der Waals surface area contributed by atoms with Gasteiger partial charge in [0.05, 0.1) is 5.56 Å². The van der Waals surface area contributed by atoms with E-state index in [9.17, 15) is 0 Å². The van der Waals surface area contributed by atoms with Crippen LogP contribution in [0.4, 0.5) is 0 Å². The van der Waals surface area contributed by atoms with E-state index in [1.807, 2.05) is 0 Å². The van der Waals surface area contributed by atoms with Gasteiger partial charge < -0.3 is 4.42 Å². The lowest BCUT2D eigenvalue weighted by Crippen LogP contribution is -2.32. The first-order chi connectivity index (χ1) is 14.3. The Morgan fingerprint density at radius 2 is 1.53 bits per heavy atom. The summed E-state index contributed by atoms with van der Waals surface area (Å²) in [6, 6.07) is 21.7. The van der Waals surface area contributed by atoms with Crippen LogP contribution in [0.15, 0.2) is 71.3 Å². The van der Waals surface area contributed by atoms with Gasteiger partial charge in [-0.2, -0.15) is 0 Å². The second kappa shape index (κ2) is 6.70. The lowest BCUT2D eigenvalue weighted by Gasteiger charge is -2.17. The maximum Gasteiger partial charge on any atom is 0.216 e. The third-order valence-corrected chi connectivity index (χ3v) is 5.93. The number of nitrogens with zero attached hydrogens (tertiary/aromatic N) is 1.